The van der Waals surface area contributed by atoms with Crippen LogP contribution in [0.25, 0.3) is 10.2 Å². The second kappa shape index (κ2) is 7.65. The Kier molecular flexibility index (Phi) is 5.34. The molecule has 0 radical (unpaired) electrons. The Morgan fingerprint density at radius 2 is 1.90 bits per heavy atom. The van der Waals surface area contributed by atoms with Crippen molar-refractivity contribution in [3.8, 4) is 11.5 Å². The highest BCUT2D eigenvalue weighted by molar-refractivity contribution is 7.19. The number of benzene rings is 1. The number of aryl methyl sites for hydroxylation is 1. The standard InChI is InChI=1S/C22H26ClN3O2S/c1-22(2,3)12-6-7-13-18(8-12)29-21-19(13)20(24-11-25-21)26-15-10-16(27-4)14(23)9-17(15)28-5/h9-12H,6-8H2,1-5H3,(H,24,25,26). The molecular weight excluding hydrogens is 406 g/mol. The van der Waals surface area contributed by atoms with Gasteiger partial charge in [0.1, 0.15) is 28.5 Å². The smallest absolute Gasteiger partial charge is 0.144 e. The van der Waals surface area contributed by atoms with Crippen molar-refractivity contribution in [1.82, 2.24) is 9.97 Å². The fraction of sp³-hybridized carbons (Fsp3) is 0.455. The van der Waals surface area contributed by atoms with Gasteiger partial charge in [-0.05, 0) is 36.2 Å². The zero-order chi connectivity index (χ0) is 20.8. The van der Waals surface area contributed by atoms with E-state index in [1.807, 2.05) is 6.07 Å². The first-order chi connectivity index (χ1) is 13.8. The zero-order valence-corrected chi connectivity index (χ0v) is 19.0. The van der Waals surface area contributed by atoms with E-state index in [0.29, 0.717) is 27.9 Å². The Morgan fingerprint density at radius 1 is 1.14 bits per heavy atom. The SMILES string of the molecule is COc1cc(Nc2ncnc3sc4c(c23)CCC(C(C)(C)C)C4)c(OC)cc1Cl. The van der Waals surface area contributed by atoms with Gasteiger partial charge in [0.05, 0.1) is 30.3 Å². The molecule has 0 saturated carbocycles. The number of methoxy groups -OCH3 is 2. The maximum absolute atomic E-state index is 6.25. The lowest BCUT2D eigenvalue weighted by Crippen LogP contribution is -2.26. The summed E-state index contributed by atoms with van der Waals surface area (Å²) in [6.07, 6.45) is 4.97. The number of hydrogen-bond acceptors (Lipinski definition) is 6. The van der Waals surface area contributed by atoms with Crippen LogP contribution in [0.1, 0.15) is 37.6 Å². The van der Waals surface area contributed by atoms with E-state index in [1.54, 1.807) is 38.0 Å². The second-order valence-corrected chi connectivity index (χ2v) is 10.0. The lowest BCUT2D eigenvalue weighted by atomic mass is 9.72. The number of rotatable bonds is 4. The average Bonchev–Trinajstić information content (AvgIpc) is 3.07. The minimum Gasteiger partial charge on any atom is -0.495 e. The highest BCUT2D eigenvalue weighted by Crippen LogP contribution is 2.45. The van der Waals surface area contributed by atoms with E-state index in [4.69, 9.17) is 21.1 Å². The van der Waals surface area contributed by atoms with E-state index in [9.17, 15) is 0 Å². The molecule has 1 N–H and O–H groups in total. The van der Waals surface area contributed by atoms with Gasteiger partial charge >= 0.3 is 0 Å². The van der Waals surface area contributed by atoms with Crippen LogP contribution >= 0.6 is 22.9 Å². The van der Waals surface area contributed by atoms with Gasteiger partial charge in [-0.15, -0.1) is 11.3 Å². The average molecular weight is 432 g/mol. The third-order valence-corrected chi connectivity index (χ3v) is 7.25. The van der Waals surface area contributed by atoms with Crippen molar-refractivity contribution in [1.29, 1.82) is 0 Å². The van der Waals surface area contributed by atoms with Crippen LogP contribution in [-0.4, -0.2) is 24.2 Å². The molecule has 3 aromatic rings. The molecule has 154 valence electrons. The number of nitrogens with zero attached hydrogens (tertiary/aromatic N) is 2. The predicted octanol–water partition coefficient (Wildman–Crippen LogP) is 6.26. The number of fused-ring (bicyclic) bond motifs is 3. The number of hydrogen-bond donors (Lipinski definition) is 1. The van der Waals surface area contributed by atoms with Crippen molar-refractivity contribution in [2.45, 2.75) is 40.0 Å². The highest BCUT2D eigenvalue weighted by Gasteiger charge is 2.31. The summed E-state index contributed by atoms with van der Waals surface area (Å²) in [4.78, 5) is 11.6. The van der Waals surface area contributed by atoms with E-state index in [2.05, 4.69) is 36.1 Å². The first-order valence-electron chi connectivity index (χ1n) is 9.75. The number of halogens is 1. The molecule has 29 heavy (non-hydrogen) atoms. The molecule has 5 nitrogen and oxygen atoms in total. The van der Waals surface area contributed by atoms with Crippen molar-refractivity contribution in [2.24, 2.45) is 11.3 Å². The minimum atomic E-state index is 0.313. The molecule has 0 fully saturated rings. The number of anilines is 2. The van der Waals surface area contributed by atoms with Gasteiger partial charge in [-0.25, -0.2) is 9.97 Å². The molecule has 0 spiro atoms. The third kappa shape index (κ3) is 3.76. The Labute approximate surface area is 180 Å². The van der Waals surface area contributed by atoms with Gasteiger partial charge in [0.2, 0.25) is 0 Å². The van der Waals surface area contributed by atoms with E-state index in [1.165, 1.54) is 16.9 Å². The molecule has 4 rings (SSSR count). The van der Waals surface area contributed by atoms with Crippen LogP contribution in [0.3, 0.4) is 0 Å². The van der Waals surface area contributed by atoms with Gasteiger partial charge in [0.25, 0.3) is 0 Å². The van der Waals surface area contributed by atoms with Gasteiger partial charge in [0.15, 0.2) is 0 Å². The van der Waals surface area contributed by atoms with Gasteiger partial charge in [-0.3, -0.25) is 0 Å². The number of ether oxygens (including phenoxy) is 2. The summed E-state index contributed by atoms with van der Waals surface area (Å²) in [7, 11) is 3.22. The van der Waals surface area contributed by atoms with Crippen LogP contribution in [0.5, 0.6) is 11.5 Å². The molecule has 7 heteroatoms. The maximum Gasteiger partial charge on any atom is 0.144 e. The molecule has 0 saturated heterocycles. The summed E-state index contributed by atoms with van der Waals surface area (Å²) >= 11 is 8.05. The molecular formula is C22H26ClN3O2S. The number of thiophene rings is 1. The van der Waals surface area contributed by atoms with Crippen molar-refractivity contribution < 1.29 is 9.47 Å². The van der Waals surface area contributed by atoms with Crippen LogP contribution in [0.2, 0.25) is 5.02 Å². The lowest BCUT2D eigenvalue weighted by molar-refractivity contribution is 0.218. The highest BCUT2D eigenvalue weighted by atomic mass is 35.5. The van der Waals surface area contributed by atoms with Crippen molar-refractivity contribution >= 4 is 44.7 Å². The molecule has 1 aromatic carbocycles. The van der Waals surface area contributed by atoms with E-state index >= 15 is 0 Å². The zero-order valence-electron chi connectivity index (χ0n) is 17.4. The van der Waals surface area contributed by atoms with E-state index in [0.717, 1.165) is 34.6 Å². The normalized spacial score (nSPS) is 16.6. The van der Waals surface area contributed by atoms with Crippen LogP contribution in [0.15, 0.2) is 18.5 Å². The van der Waals surface area contributed by atoms with E-state index in [-0.39, 0.29) is 0 Å². The molecule has 1 aliphatic carbocycles. The fourth-order valence-electron chi connectivity index (χ4n) is 4.03. The quantitative estimate of drug-likeness (QED) is 0.528. The summed E-state index contributed by atoms with van der Waals surface area (Å²) < 4.78 is 10.9. The molecule has 1 aliphatic rings. The summed E-state index contributed by atoms with van der Waals surface area (Å²) in [6, 6.07) is 3.59. The Bertz CT molecular complexity index is 1060. The van der Waals surface area contributed by atoms with Gasteiger partial charge < -0.3 is 14.8 Å². The first-order valence-corrected chi connectivity index (χ1v) is 10.9. The summed E-state index contributed by atoms with van der Waals surface area (Å²) in [6.45, 7) is 7.01. The van der Waals surface area contributed by atoms with Crippen LogP contribution < -0.4 is 14.8 Å². The van der Waals surface area contributed by atoms with Gasteiger partial charge in [-0.2, -0.15) is 0 Å². The monoisotopic (exact) mass is 431 g/mol. The molecule has 2 heterocycles. The largest absolute Gasteiger partial charge is 0.495 e. The molecule has 0 bridgehead atoms. The summed E-state index contributed by atoms with van der Waals surface area (Å²) in [5.74, 6) is 2.71. The summed E-state index contributed by atoms with van der Waals surface area (Å²) in [5.41, 5.74) is 2.46. The Morgan fingerprint density at radius 3 is 2.59 bits per heavy atom. The van der Waals surface area contributed by atoms with E-state index < -0.39 is 0 Å². The minimum absolute atomic E-state index is 0.313. The molecule has 0 aliphatic heterocycles. The van der Waals surface area contributed by atoms with Crippen LogP contribution in [0, 0.1) is 11.3 Å². The molecule has 2 aromatic heterocycles. The van der Waals surface area contributed by atoms with Crippen LogP contribution in [0.4, 0.5) is 11.5 Å². The Hall–Kier alpha value is -2.05. The van der Waals surface area contributed by atoms with Crippen molar-refractivity contribution in [3.05, 3.63) is 33.9 Å². The fourth-order valence-corrected chi connectivity index (χ4v) is 5.53. The van der Waals surface area contributed by atoms with Crippen molar-refractivity contribution in [3.63, 3.8) is 0 Å². The van der Waals surface area contributed by atoms with Crippen LogP contribution in [-0.2, 0) is 12.8 Å². The topological polar surface area (TPSA) is 56.3 Å². The third-order valence-electron chi connectivity index (χ3n) is 5.80. The number of aromatic nitrogens is 2. The molecule has 0 amide bonds. The molecule has 1 unspecified atom stereocenters. The van der Waals surface area contributed by atoms with Crippen molar-refractivity contribution in [2.75, 3.05) is 19.5 Å². The van der Waals surface area contributed by atoms with Gasteiger partial charge in [0, 0.05) is 17.0 Å². The maximum atomic E-state index is 6.25. The lowest BCUT2D eigenvalue weighted by Gasteiger charge is -2.33. The molecule has 1 atom stereocenters. The Balaban J connectivity index is 1.76. The predicted molar refractivity (Wildman–Crippen MR) is 120 cm³/mol. The second-order valence-electron chi connectivity index (χ2n) is 8.52. The first kappa shape index (κ1) is 20.2. The number of nitrogens with one attached hydrogen (secondary N) is 1. The summed E-state index contributed by atoms with van der Waals surface area (Å²) in [5, 5.41) is 5.06. The van der Waals surface area contributed by atoms with Gasteiger partial charge in [-0.1, -0.05) is 32.4 Å².